The van der Waals surface area contributed by atoms with Crippen LogP contribution in [0.25, 0.3) is 0 Å². The maximum atomic E-state index is 11.1. The van der Waals surface area contributed by atoms with E-state index in [0.717, 1.165) is 17.1 Å². The number of rotatable bonds is 9. The molecule has 0 saturated heterocycles. The fourth-order valence-corrected chi connectivity index (χ4v) is 1.92. The fourth-order valence-electron chi connectivity index (χ4n) is 1.92. The molecule has 0 heterocycles. The Labute approximate surface area is 126 Å². The second-order valence-electron chi connectivity index (χ2n) is 4.73. The lowest BCUT2D eigenvalue weighted by Crippen LogP contribution is -2.30. The minimum absolute atomic E-state index is 0.0798. The van der Waals surface area contributed by atoms with Crippen LogP contribution in [-0.4, -0.2) is 18.6 Å². The molecule has 0 aliphatic rings. The Hall–Kier alpha value is -2.01. The molecule has 3 N–H and O–H groups in total. The lowest BCUT2D eigenvalue weighted by atomic mass is 10.1. The number of hydrogen-bond donors (Lipinski definition) is 2. The molecule has 1 aromatic rings. The van der Waals surface area contributed by atoms with Gasteiger partial charge in [0.15, 0.2) is 0 Å². The number of benzene rings is 1. The molecule has 5 nitrogen and oxygen atoms in total. The van der Waals surface area contributed by atoms with Gasteiger partial charge in [-0.15, -0.1) is 6.58 Å². The van der Waals surface area contributed by atoms with E-state index < -0.39 is 0 Å². The number of carbonyl (C=O) groups excluding carboxylic acids is 1. The normalized spacial score (nSPS) is 11.6. The Morgan fingerprint density at radius 3 is 2.90 bits per heavy atom. The zero-order valence-electron chi connectivity index (χ0n) is 12.7. The van der Waals surface area contributed by atoms with Crippen LogP contribution in [-0.2, 0) is 11.2 Å². The van der Waals surface area contributed by atoms with Gasteiger partial charge in [-0.25, -0.2) is 5.84 Å². The first-order valence-electron chi connectivity index (χ1n) is 7.13. The van der Waals surface area contributed by atoms with E-state index in [4.69, 9.17) is 15.3 Å². The van der Waals surface area contributed by atoms with E-state index >= 15 is 0 Å². The smallest absolute Gasteiger partial charge is 0.234 e. The summed E-state index contributed by atoms with van der Waals surface area (Å²) in [6.07, 6.45) is 3.38. The first-order valence-corrected chi connectivity index (χ1v) is 7.13. The highest BCUT2D eigenvalue weighted by Crippen LogP contribution is 2.26. The van der Waals surface area contributed by atoms with Crippen LogP contribution in [0.5, 0.6) is 11.5 Å². The van der Waals surface area contributed by atoms with E-state index in [9.17, 15) is 4.79 Å². The molecular weight excluding hydrogens is 268 g/mol. The van der Waals surface area contributed by atoms with E-state index in [1.54, 1.807) is 0 Å². The predicted octanol–water partition coefficient (Wildman–Crippen LogP) is 2.35. The van der Waals surface area contributed by atoms with Crippen molar-refractivity contribution in [2.75, 3.05) is 6.61 Å². The summed E-state index contributed by atoms with van der Waals surface area (Å²) in [6, 6.07) is 5.73. The fraction of sp³-hybridized carbons (Fsp3) is 0.438. The zero-order valence-corrected chi connectivity index (χ0v) is 12.7. The van der Waals surface area contributed by atoms with E-state index in [-0.39, 0.29) is 12.0 Å². The van der Waals surface area contributed by atoms with Gasteiger partial charge in [-0.1, -0.05) is 6.08 Å². The van der Waals surface area contributed by atoms with Crippen LogP contribution in [0.2, 0.25) is 0 Å². The van der Waals surface area contributed by atoms with Gasteiger partial charge in [-0.05, 0) is 44.9 Å². The molecule has 0 bridgehead atoms. The monoisotopic (exact) mass is 292 g/mol. The SMILES string of the molecule is C=CCc1cc(OCC)ccc1OC(C)CCC(=O)NN. The highest BCUT2D eigenvalue weighted by atomic mass is 16.5. The van der Waals surface area contributed by atoms with Gasteiger partial charge >= 0.3 is 0 Å². The van der Waals surface area contributed by atoms with Gasteiger partial charge in [0.25, 0.3) is 0 Å². The van der Waals surface area contributed by atoms with Gasteiger partial charge in [0.1, 0.15) is 11.5 Å². The Morgan fingerprint density at radius 1 is 1.52 bits per heavy atom. The number of carbonyl (C=O) groups is 1. The largest absolute Gasteiger partial charge is 0.494 e. The molecule has 0 aromatic heterocycles. The molecule has 1 amide bonds. The number of nitrogens with one attached hydrogen (secondary N) is 1. The lowest BCUT2D eigenvalue weighted by molar-refractivity contribution is -0.121. The summed E-state index contributed by atoms with van der Waals surface area (Å²) in [5, 5.41) is 0. The molecule has 5 heteroatoms. The third-order valence-electron chi connectivity index (χ3n) is 2.97. The predicted molar refractivity (Wildman–Crippen MR) is 83.2 cm³/mol. The Morgan fingerprint density at radius 2 is 2.29 bits per heavy atom. The van der Waals surface area contributed by atoms with Crippen LogP contribution >= 0.6 is 0 Å². The molecule has 1 rings (SSSR count). The number of ether oxygens (including phenoxy) is 2. The topological polar surface area (TPSA) is 73.6 Å². The number of hydrazine groups is 1. The Bertz CT molecular complexity index is 475. The first-order chi connectivity index (χ1) is 10.1. The minimum Gasteiger partial charge on any atom is -0.494 e. The number of amides is 1. The van der Waals surface area contributed by atoms with E-state index in [0.29, 0.717) is 25.9 Å². The molecule has 1 unspecified atom stereocenters. The molecule has 0 aliphatic heterocycles. The number of allylic oxidation sites excluding steroid dienone is 1. The summed E-state index contributed by atoms with van der Waals surface area (Å²) in [5.41, 5.74) is 3.13. The third kappa shape index (κ3) is 5.87. The van der Waals surface area contributed by atoms with Crippen LogP contribution in [0.3, 0.4) is 0 Å². The lowest BCUT2D eigenvalue weighted by Gasteiger charge is -2.17. The quantitative estimate of drug-likeness (QED) is 0.317. The second-order valence-corrected chi connectivity index (χ2v) is 4.73. The van der Waals surface area contributed by atoms with Gasteiger partial charge in [-0.2, -0.15) is 0 Å². The molecule has 1 atom stereocenters. The van der Waals surface area contributed by atoms with Crippen molar-refractivity contribution in [1.29, 1.82) is 0 Å². The van der Waals surface area contributed by atoms with Crippen molar-refractivity contribution < 1.29 is 14.3 Å². The van der Waals surface area contributed by atoms with Gasteiger partial charge in [0.2, 0.25) is 5.91 Å². The van der Waals surface area contributed by atoms with Crippen molar-refractivity contribution in [1.82, 2.24) is 5.43 Å². The van der Waals surface area contributed by atoms with Gasteiger partial charge in [0.05, 0.1) is 12.7 Å². The van der Waals surface area contributed by atoms with Crippen molar-refractivity contribution in [2.24, 2.45) is 5.84 Å². The molecule has 116 valence electrons. The van der Waals surface area contributed by atoms with Crippen LogP contribution in [0.1, 0.15) is 32.3 Å². The second kappa shape index (κ2) is 9.02. The first kappa shape index (κ1) is 17.0. The average molecular weight is 292 g/mol. The summed E-state index contributed by atoms with van der Waals surface area (Å²) in [6.45, 7) is 8.26. The van der Waals surface area contributed by atoms with Crippen LogP contribution in [0, 0.1) is 0 Å². The van der Waals surface area contributed by atoms with Gasteiger partial charge in [0, 0.05) is 12.0 Å². The van der Waals surface area contributed by atoms with Crippen LogP contribution in [0.15, 0.2) is 30.9 Å². The summed E-state index contributed by atoms with van der Waals surface area (Å²) in [7, 11) is 0. The van der Waals surface area contributed by atoms with Crippen molar-refractivity contribution >= 4 is 5.91 Å². The van der Waals surface area contributed by atoms with Crippen molar-refractivity contribution in [2.45, 2.75) is 39.2 Å². The minimum atomic E-state index is -0.191. The average Bonchev–Trinajstić information content (AvgIpc) is 2.48. The number of nitrogens with two attached hydrogens (primary N) is 1. The standard InChI is InChI=1S/C16H24N2O3/c1-4-6-13-11-14(20-5-2)8-9-15(13)21-12(3)7-10-16(19)18-17/h4,8-9,11-12H,1,5-7,10,17H2,2-3H3,(H,18,19). The Kier molecular flexibility index (Phi) is 7.32. The molecule has 0 spiro atoms. The molecule has 0 aliphatic carbocycles. The van der Waals surface area contributed by atoms with Crippen molar-refractivity contribution in [3.8, 4) is 11.5 Å². The maximum Gasteiger partial charge on any atom is 0.234 e. The van der Waals surface area contributed by atoms with Crippen LogP contribution < -0.4 is 20.7 Å². The molecular formula is C16H24N2O3. The molecule has 1 aromatic carbocycles. The molecule has 0 saturated carbocycles. The van der Waals surface area contributed by atoms with Gasteiger partial charge < -0.3 is 9.47 Å². The Balaban J connectivity index is 2.71. The maximum absolute atomic E-state index is 11.1. The summed E-state index contributed by atoms with van der Waals surface area (Å²) in [4.78, 5) is 11.1. The van der Waals surface area contributed by atoms with Crippen molar-refractivity contribution in [3.05, 3.63) is 36.4 Å². The van der Waals surface area contributed by atoms with Gasteiger partial charge in [-0.3, -0.25) is 10.2 Å². The highest BCUT2D eigenvalue weighted by molar-refractivity contribution is 5.75. The molecule has 21 heavy (non-hydrogen) atoms. The molecule has 0 fully saturated rings. The summed E-state index contributed by atoms with van der Waals surface area (Å²) in [5.74, 6) is 6.47. The van der Waals surface area contributed by atoms with Crippen LogP contribution in [0.4, 0.5) is 0 Å². The van der Waals surface area contributed by atoms with Crippen molar-refractivity contribution in [3.63, 3.8) is 0 Å². The highest BCUT2D eigenvalue weighted by Gasteiger charge is 2.11. The molecule has 0 radical (unpaired) electrons. The number of hydrogen-bond acceptors (Lipinski definition) is 4. The summed E-state index contributed by atoms with van der Waals surface area (Å²) >= 11 is 0. The van der Waals surface area contributed by atoms with E-state index in [1.165, 1.54) is 0 Å². The van der Waals surface area contributed by atoms with E-state index in [2.05, 4.69) is 12.0 Å². The third-order valence-corrected chi connectivity index (χ3v) is 2.97. The zero-order chi connectivity index (χ0) is 15.7. The summed E-state index contributed by atoms with van der Waals surface area (Å²) < 4.78 is 11.4. The van der Waals surface area contributed by atoms with E-state index in [1.807, 2.05) is 38.1 Å².